The minimum atomic E-state index is -4.00. The summed E-state index contributed by atoms with van der Waals surface area (Å²) in [6.45, 7) is 8.62. The number of aromatic carboxylic acids is 1. The van der Waals surface area contributed by atoms with Crippen LogP contribution in [0.15, 0.2) is 14.5 Å². The number of rotatable bonds is 3. The summed E-state index contributed by atoms with van der Waals surface area (Å²) in [5.41, 5.74) is -0.609. The molecule has 0 unspecified atom stereocenters. The van der Waals surface area contributed by atoms with Crippen molar-refractivity contribution in [3.05, 3.63) is 11.6 Å². The maximum atomic E-state index is 12.5. The average molecular weight is 367 g/mol. The molecule has 0 aliphatic rings. The molecule has 1 aromatic rings. The molecule has 0 spiro atoms. The number of carboxylic acid groups (broad SMARTS) is 1. The van der Waals surface area contributed by atoms with Crippen molar-refractivity contribution in [1.82, 2.24) is 0 Å². The van der Waals surface area contributed by atoms with E-state index in [1.807, 2.05) is 0 Å². The highest BCUT2D eigenvalue weighted by Gasteiger charge is 2.39. The van der Waals surface area contributed by atoms with Crippen molar-refractivity contribution < 1.29 is 26.7 Å². The molecule has 0 radical (unpaired) electrons. The molecule has 0 bridgehead atoms. The van der Waals surface area contributed by atoms with Crippen molar-refractivity contribution in [3.63, 3.8) is 0 Å². The van der Waals surface area contributed by atoms with Crippen molar-refractivity contribution in [1.29, 1.82) is 0 Å². The quantitative estimate of drug-likeness (QED) is 0.795. The summed E-state index contributed by atoms with van der Waals surface area (Å²) in [7, 11) is -7.86. The van der Waals surface area contributed by atoms with Crippen molar-refractivity contribution in [3.8, 4) is 0 Å². The summed E-state index contributed by atoms with van der Waals surface area (Å²) in [5, 5.41) is 11.2. The van der Waals surface area contributed by atoms with Gasteiger partial charge < -0.3 is 9.90 Å². The highest BCUT2D eigenvalue weighted by atomic mass is 32.3. The first-order valence-corrected chi connectivity index (χ1v) is 10.2. The van der Waals surface area contributed by atoms with E-state index in [9.17, 15) is 26.7 Å². The zero-order valence-electron chi connectivity index (χ0n) is 13.3. The number of sulfone groups is 2. The molecule has 0 amide bonds. The highest BCUT2D eigenvalue weighted by molar-refractivity contribution is 7.97. The molecular formula is C13H19O6S3-. The van der Waals surface area contributed by atoms with Crippen LogP contribution in [0.1, 0.15) is 51.9 Å². The fraction of sp³-hybridized carbons (Fsp3) is 0.615. The van der Waals surface area contributed by atoms with Crippen LogP contribution in [0.5, 0.6) is 0 Å². The largest absolute Gasteiger partial charge is 0.545 e. The summed E-state index contributed by atoms with van der Waals surface area (Å²) >= 11 is 0.459. The molecule has 0 fully saturated rings. The predicted molar refractivity (Wildman–Crippen MR) is 82.5 cm³/mol. The van der Waals surface area contributed by atoms with Gasteiger partial charge in [-0.25, -0.2) is 16.8 Å². The van der Waals surface area contributed by atoms with Crippen molar-refractivity contribution in [2.75, 3.05) is 0 Å². The third-order valence-corrected chi connectivity index (χ3v) is 10.1. The first-order valence-electron chi connectivity index (χ1n) is 6.38. The Morgan fingerprint density at radius 1 is 0.955 bits per heavy atom. The van der Waals surface area contributed by atoms with Gasteiger partial charge in [0.2, 0.25) is 0 Å². The van der Waals surface area contributed by atoms with Crippen LogP contribution < -0.4 is 5.11 Å². The molecule has 1 heterocycles. The van der Waals surface area contributed by atoms with Gasteiger partial charge in [-0.1, -0.05) is 0 Å². The zero-order valence-corrected chi connectivity index (χ0v) is 15.7. The van der Waals surface area contributed by atoms with Crippen LogP contribution in [-0.4, -0.2) is 32.3 Å². The van der Waals surface area contributed by atoms with Crippen LogP contribution in [0.2, 0.25) is 0 Å². The van der Waals surface area contributed by atoms with Gasteiger partial charge in [0, 0.05) is 5.56 Å². The van der Waals surface area contributed by atoms with E-state index < -0.39 is 44.9 Å². The predicted octanol–water partition coefficient (Wildman–Crippen LogP) is 1.26. The van der Waals surface area contributed by atoms with Crippen molar-refractivity contribution in [2.24, 2.45) is 0 Å². The van der Waals surface area contributed by atoms with Crippen LogP contribution in [0.4, 0.5) is 0 Å². The fourth-order valence-electron chi connectivity index (χ4n) is 1.41. The summed E-state index contributed by atoms with van der Waals surface area (Å²) < 4.78 is 46.6. The van der Waals surface area contributed by atoms with E-state index in [-0.39, 0.29) is 4.21 Å². The van der Waals surface area contributed by atoms with Crippen LogP contribution in [-0.2, 0) is 19.7 Å². The van der Waals surface area contributed by atoms with Crippen LogP contribution in [0, 0.1) is 0 Å². The normalized spacial score (nSPS) is 14.1. The van der Waals surface area contributed by atoms with Gasteiger partial charge in [0.1, 0.15) is 8.42 Å². The Labute approximate surface area is 135 Å². The molecule has 22 heavy (non-hydrogen) atoms. The van der Waals surface area contributed by atoms with Gasteiger partial charge in [-0.05, 0) is 47.6 Å². The smallest absolute Gasteiger partial charge is 0.193 e. The van der Waals surface area contributed by atoms with Crippen molar-refractivity contribution >= 4 is 37.0 Å². The standard InChI is InChI=1S/C13H20O6S3/c1-12(2,3)21(16,17)9-7-8(10(14)15)11(20-9)22(18,19)13(4,5)6/h7H,1-6H3,(H,14,15)/p-1. The second-order valence-corrected chi connectivity index (χ2v) is 13.7. The topological polar surface area (TPSA) is 108 Å². The van der Waals surface area contributed by atoms with Crippen LogP contribution in [0.3, 0.4) is 0 Å². The van der Waals surface area contributed by atoms with Gasteiger partial charge in [0.15, 0.2) is 19.7 Å². The molecule has 126 valence electrons. The summed E-state index contributed by atoms with van der Waals surface area (Å²) in [6.07, 6.45) is 0. The zero-order chi connectivity index (χ0) is 17.7. The Morgan fingerprint density at radius 2 is 1.36 bits per heavy atom. The SMILES string of the molecule is CC(C)(C)S(=O)(=O)c1cc(C(=O)[O-])c(S(=O)(=O)C(C)(C)C)s1. The highest BCUT2D eigenvalue weighted by Crippen LogP contribution is 2.38. The molecule has 0 aromatic carbocycles. The van der Waals surface area contributed by atoms with Gasteiger partial charge in [-0.15, -0.1) is 11.3 Å². The Kier molecular flexibility index (Phi) is 4.62. The summed E-state index contributed by atoms with van der Waals surface area (Å²) in [5.74, 6) is -1.71. The van der Waals surface area contributed by atoms with E-state index in [2.05, 4.69) is 0 Å². The van der Waals surface area contributed by atoms with Gasteiger partial charge in [-0.3, -0.25) is 0 Å². The number of hydrogen-bond acceptors (Lipinski definition) is 7. The molecule has 0 N–H and O–H groups in total. The number of carbonyl (C=O) groups excluding carboxylic acids is 1. The number of hydrogen-bond donors (Lipinski definition) is 0. The summed E-state index contributed by atoms with van der Waals surface area (Å²) in [4.78, 5) is 11.2. The molecule has 0 aliphatic heterocycles. The Morgan fingerprint density at radius 3 is 1.68 bits per heavy atom. The van der Waals surface area contributed by atoms with E-state index >= 15 is 0 Å². The second-order valence-electron chi connectivity index (χ2n) is 6.79. The van der Waals surface area contributed by atoms with E-state index in [0.29, 0.717) is 11.3 Å². The maximum Gasteiger partial charge on any atom is 0.193 e. The fourth-order valence-corrected chi connectivity index (χ4v) is 6.94. The molecule has 0 aliphatic carbocycles. The third kappa shape index (κ3) is 3.07. The van der Waals surface area contributed by atoms with Crippen LogP contribution >= 0.6 is 11.3 Å². The molecule has 1 rings (SSSR count). The lowest BCUT2D eigenvalue weighted by atomic mass is 10.3. The monoisotopic (exact) mass is 367 g/mol. The molecule has 0 saturated heterocycles. The van der Waals surface area contributed by atoms with Gasteiger partial charge in [0.25, 0.3) is 0 Å². The molecular weight excluding hydrogens is 348 g/mol. The maximum absolute atomic E-state index is 12.5. The molecule has 0 atom stereocenters. The summed E-state index contributed by atoms with van der Waals surface area (Å²) in [6, 6.07) is 0.874. The van der Waals surface area contributed by atoms with Gasteiger partial charge in [0.05, 0.1) is 15.5 Å². The van der Waals surface area contributed by atoms with Crippen LogP contribution in [0.25, 0.3) is 0 Å². The van der Waals surface area contributed by atoms with Crippen molar-refractivity contribution in [2.45, 2.75) is 59.5 Å². The van der Waals surface area contributed by atoms with Gasteiger partial charge >= 0.3 is 0 Å². The molecule has 9 heteroatoms. The number of thiophene rings is 1. The number of carbonyl (C=O) groups is 1. The minimum Gasteiger partial charge on any atom is -0.545 e. The first kappa shape index (κ1) is 19.1. The lowest BCUT2D eigenvalue weighted by molar-refractivity contribution is -0.255. The van der Waals surface area contributed by atoms with E-state index in [0.717, 1.165) is 6.07 Å². The average Bonchev–Trinajstić information content (AvgIpc) is 2.71. The van der Waals surface area contributed by atoms with E-state index in [1.165, 1.54) is 41.5 Å². The second kappa shape index (κ2) is 5.31. The Balaban J connectivity index is 3.76. The lowest BCUT2D eigenvalue weighted by Crippen LogP contribution is -2.30. The molecule has 6 nitrogen and oxygen atoms in total. The number of carboxylic acids is 1. The lowest BCUT2D eigenvalue weighted by Gasteiger charge is -2.19. The first-order chi connectivity index (χ1) is 9.53. The Hall–Kier alpha value is -0.930. The Bertz CT molecular complexity index is 799. The van der Waals surface area contributed by atoms with E-state index in [1.54, 1.807) is 0 Å². The van der Waals surface area contributed by atoms with Gasteiger partial charge in [-0.2, -0.15) is 0 Å². The molecule has 1 aromatic heterocycles. The third-order valence-electron chi connectivity index (χ3n) is 3.02. The molecule has 0 saturated carbocycles. The van der Waals surface area contributed by atoms with E-state index in [4.69, 9.17) is 0 Å². The minimum absolute atomic E-state index is 0.290.